The van der Waals surface area contributed by atoms with Crippen LogP contribution >= 0.6 is 0 Å². The van der Waals surface area contributed by atoms with E-state index in [-0.39, 0.29) is 17.8 Å². The van der Waals surface area contributed by atoms with Crippen molar-refractivity contribution >= 4 is 12.1 Å². The van der Waals surface area contributed by atoms with Crippen molar-refractivity contribution in [3.8, 4) is 0 Å². The number of piperidine rings is 1. The quantitative estimate of drug-likeness (QED) is 0.879. The Bertz CT molecular complexity index is 655. The first-order valence-electron chi connectivity index (χ1n) is 8.57. The molecule has 0 spiro atoms. The van der Waals surface area contributed by atoms with Crippen LogP contribution in [0.4, 0.5) is 4.79 Å². The Hall–Kier alpha value is -2.12. The molecule has 1 N–H and O–H groups in total. The maximum absolute atomic E-state index is 12.4. The molecule has 8 heteroatoms. The maximum atomic E-state index is 12.4. The summed E-state index contributed by atoms with van der Waals surface area (Å²) < 4.78 is 7.13. The highest BCUT2D eigenvalue weighted by molar-refractivity contribution is 5.86. The average Bonchev–Trinajstić information content (AvgIpc) is 2.90. The highest BCUT2D eigenvalue weighted by atomic mass is 16.6. The Morgan fingerprint density at radius 1 is 1.20 bits per heavy atom. The zero-order valence-electron chi connectivity index (χ0n) is 15.9. The highest BCUT2D eigenvalue weighted by Gasteiger charge is 2.35. The lowest BCUT2D eigenvalue weighted by Gasteiger charge is -2.35. The Morgan fingerprint density at radius 2 is 1.84 bits per heavy atom. The molecule has 0 aromatic carbocycles. The first kappa shape index (κ1) is 19.2. The molecule has 1 amide bonds. The molecule has 140 valence electrons. The number of carboxylic acid groups (broad SMARTS) is 1. The number of nitrogens with zero attached hydrogens (tertiary/aromatic N) is 4. The number of likely N-dealkylation sites (tertiary alicyclic amines) is 1. The fourth-order valence-corrected chi connectivity index (χ4v) is 3.04. The van der Waals surface area contributed by atoms with Crippen LogP contribution in [0.5, 0.6) is 0 Å². The second-order valence-electron chi connectivity index (χ2n) is 8.51. The number of hydrogen-bond acceptors (Lipinski definition) is 5. The molecule has 1 aliphatic rings. The summed E-state index contributed by atoms with van der Waals surface area (Å²) in [6.45, 7) is 12.4. The summed E-state index contributed by atoms with van der Waals surface area (Å²) in [5.41, 5.74) is -0.423. The molecule has 2 rings (SSSR count). The van der Waals surface area contributed by atoms with Crippen LogP contribution in [0.1, 0.15) is 76.6 Å². The molecular formula is C17H28N4O4. The van der Waals surface area contributed by atoms with Gasteiger partial charge in [0.15, 0.2) is 5.69 Å². The molecule has 1 aromatic rings. The van der Waals surface area contributed by atoms with Gasteiger partial charge < -0.3 is 14.7 Å². The van der Waals surface area contributed by atoms with Gasteiger partial charge in [-0.25, -0.2) is 14.3 Å². The van der Waals surface area contributed by atoms with Gasteiger partial charge in [-0.1, -0.05) is 26.0 Å². The van der Waals surface area contributed by atoms with Gasteiger partial charge in [-0.2, -0.15) is 0 Å². The molecule has 1 aliphatic heterocycles. The summed E-state index contributed by atoms with van der Waals surface area (Å²) in [5, 5.41) is 17.4. The summed E-state index contributed by atoms with van der Waals surface area (Å²) in [6, 6.07) is -0.115. The largest absolute Gasteiger partial charge is 0.476 e. The number of hydrogen-bond donors (Lipinski definition) is 1. The lowest BCUT2D eigenvalue weighted by Crippen LogP contribution is -2.44. The maximum Gasteiger partial charge on any atom is 0.410 e. The van der Waals surface area contributed by atoms with Crippen molar-refractivity contribution in [2.75, 3.05) is 13.1 Å². The molecule has 0 saturated carbocycles. The molecule has 1 fully saturated rings. The van der Waals surface area contributed by atoms with Gasteiger partial charge in [0.1, 0.15) is 5.60 Å². The molecule has 0 bridgehead atoms. The Balaban J connectivity index is 2.27. The van der Waals surface area contributed by atoms with E-state index in [0.29, 0.717) is 18.8 Å². The molecule has 1 aromatic heterocycles. The van der Waals surface area contributed by atoms with E-state index in [1.165, 1.54) is 0 Å². The van der Waals surface area contributed by atoms with Gasteiger partial charge in [0.25, 0.3) is 0 Å². The number of carbonyl (C=O) groups excluding carboxylic acids is 1. The number of carbonyl (C=O) groups is 2. The van der Waals surface area contributed by atoms with E-state index in [9.17, 15) is 14.7 Å². The highest BCUT2D eigenvalue weighted by Crippen LogP contribution is 2.31. The van der Waals surface area contributed by atoms with E-state index < -0.39 is 17.0 Å². The minimum absolute atomic E-state index is 0.0260. The molecule has 1 saturated heterocycles. The van der Waals surface area contributed by atoms with Crippen LogP contribution < -0.4 is 0 Å². The summed E-state index contributed by atoms with van der Waals surface area (Å²) in [7, 11) is 0. The molecule has 0 radical (unpaired) electrons. The fourth-order valence-electron chi connectivity index (χ4n) is 3.04. The van der Waals surface area contributed by atoms with Crippen LogP contribution in [0.15, 0.2) is 0 Å². The molecule has 25 heavy (non-hydrogen) atoms. The third-order valence-electron chi connectivity index (χ3n) is 4.00. The van der Waals surface area contributed by atoms with Crippen molar-refractivity contribution in [1.82, 2.24) is 19.9 Å². The number of ether oxygens (including phenoxy) is 1. The number of amides is 1. The minimum atomic E-state index is -1.09. The predicted molar refractivity (Wildman–Crippen MR) is 91.8 cm³/mol. The van der Waals surface area contributed by atoms with Crippen LogP contribution in [0, 0.1) is 0 Å². The van der Waals surface area contributed by atoms with Crippen molar-refractivity contribution in [3.05, 3.63) is 11.4 Å². The van der Waals surface area contributed by atoms with Gasteiger partial charge in [0, 0.05) is 18.5 Å². The SMILES string of the molecule is CC(C)(C)OC(=O)N1CCC[C@@H](n2nnc(C(=O)O)c2C(C)(C)C)C1. The molecule has 0 aliphatic carbocycles. The standard InChI is InChI=1S/C17H28N4O4/c1-16(2,3)13-12(14(22)23)18-19-21(13)11-8-7-9-20(10-11)15(24)25-17(4,5)6/h11H,7-10H2,1-6H3,(H,22,23)/t11-/m1/s1. The molecule has 0 unspecified atom stereocenters. The summed E-state index contributed by atoms with van der Waals surface area (Å²) >= 11 is 0. The molecule has 1 atom stereocenters. The zero-order valence-corrected chi connectivity index (χ0v) is 15.9. The van der Waals surface area contributed by atoms with Crippen molar-refractivity contribution in [3.63, 3.8) is 0 Å². The first-order chi connectivity index (χ1) is 11.4. The van der Waals surface area contributed by atoms with Crippen LogP contribution in [0.3, 0.4) is 0 Å². The lowest BCUT2D eigenvalue weighted by atomic mass is 9.89. The number of aromatic nitrogens is 3. The number of rotatable bonds is 2. The second kappa shape index (κ2) is 6.65. The second-order valence-corrected chi connectivity index (χ2v) is 8.51. The third-order valence-corrected chi connectivity index (χ3v) is 4.00. The van der Waals surface area contributed by atoms with Crippen LogP contribution in [-0.2, 0) is 10.2 Å². The van der Waals surface area contributed by atoms with Gasteiger partial charge >= 0.3 is 12.1 Å². The predicted octanol–water partition coefficient (Wildman–Crippen LogP) is 2.85. The van der Waals surface area contributed by atoms with E-state index in [0.717, 1.165) is 12.8 Å². The third kappa shape index (κ3) is 4.49. The van der Waals surface area contributed by atoms with Crippen LogP contribution in [0.25, 0.3) is 0 Å². The molecule has 2 heterocycles. The first-order valence-corrected chi connectivity index (χ1v) is 8.57. The fraction of sp³-hybridized carbons (Fsp3) is 0.765. The Kier molecular flexibility index (Phi) is 5.11. The van der Waals surface area contributed by atoms with Crippen molar-refractivity contribution < 1.29 is 19.4 Å². The van der Waals surface area contributed by atoms with Gasteiger partial charge in [0.05, 0.1) is 11.7 Å². The van der Waals surface area contributed by atoms with E-state index in [2.05, 4.69) is 10.3 Å². The van der Waals surface area contributed by atoms with E-state index in [1.54, 1.807) is 9.58 Å². The Morgan fingerprint density at radius 3 is 2.36 bits per heavy atom. The Labute approximate surface area is 148 Å². The molecular weight excluding hydrogens is 324 g/mol. The normalized spacial score (nSPS) is 19.0. The van der Waals surface area contributed by atoms with Gasteiger partial charge in [-0.05, 0) is 33.6 Å². The lowest BCUT2D eigenvalue weighted by molar-refractivity contribution is 0.0163. The topological polar surface area (TPSA) is 97.5 Å². The monoisotopic (exact) mass is 352 g/mol. The van der Waals surface area contributed by atoms with Crippen molar-refractivity contribution in [2.45, 2.75) is 71.4 Å². The molecule has 8 nitrogen and oxygen atoms in total. The van der Waals surface area contributed by atoms with E-state index >= 15 is 0 Å². The van der Waals surface area contributed by atoms with E-state index in [4.69, 9.17) is 4.74 Å². The van der Waals surface area contributed by atoms with Crippen molar-refractivity contribution in [1.29, 1.82) is 0 Å². The van der Waals surface area contributed by atoms with Crippen LogP contribution in [0.2, 0.25) is 0 Å². The summed E-state index contributed by atoms with van der Waals surface area (Å²) in [6.07, 6.45) is 1.26. The number of aromatic carboxylic acids is 1. The number of carboxylic acids is 1. The minimum Gasteiger partial charge on any atom is -0.476 e. The van der Waals surface area contributed by atoms with Gasteiger partial charge in [0.2, 0.25) is 0 Å². The van der Waals surface area contributed by atoms with Gasteiger partial charge in [-0.3, -0.25) is 0 Å². The summed E-state index contributed by atoms with van der Waals surface area (Å²) in [4.78, 5) is 25.5. The average molecular weight is 352 g/mol. The van der Waals surface area contributed by atoms with Crippen molar-refractivity contribution in [2.24, 2.45) is 0 Å². The zero-order chi connectivity index (χ0) is 19.0. The smallest absolute Gasteiger partial charge is 0.410 e. The van der Waals surface area contributed by atoms with E-state index in [1.807, 2.05) is 41.5 Å². The van der Waals surface area contributed by atoms with Gasteiger partial charge in [-0.15, -0.1) is 5.10 Å². The van der Waals surface area contributed by atoms with Crippen LogP contribution in [-0.4, -0.2) is 55.8 Å². The summed E-state index contributed by atoms with van der Waals surface area (Å²) in [5.74, 6) is -1.09.